The van der Waals surface area contributed by atoms with Gasteiger partial charge in [-0.05, 0) is 36.4 Å². The van der Waals surface area contributed by atoms with Gasteiger partial charge in [0.05, 0.1) is 6.61 Å². The minimum atomic E-state index is 0.142. The van der Waals surface area contributed by atoms with E-state index in [-0.39, 0.29) is 6.61 Å². The molecule has 1 fully saturated rings. The second kappa shape index (κ2) is 4.58. The fraction of sp³-hybridized carbons (Fsp3) is 0.500. The largest absolute Gasteiger partial charge is 0.392 e. The number of nitrogens with one attached hydrogen (secondary N) is 1. The van der Waals surface area contributed by atoms with Crippen molar-refractivity contribution >= 4 is 0 Å². The number of aliphatic hydroxyl groups excluding tert-OH is 1. The molecule has 0 aliphatic carbocycles. The lowest BCUT2D eigenvalue weighted by molar-refractivity contribution is 0.282. The van der Waals surface area contributed by atoms with Crippen LogP contribution in [0.2, 0.25) is 0 Å². The van der Waals surface area contributed by atoms with Crippen LogP contribution in [0.25, 0.3) is 0 Å². The number of piperidine rings is 1. The molecule has 2 rings (SSSR count). The standard InChI is InChI=1S/C12H17NO/c14-9-10-3-5-11(6-4-10)12-2-1-7-13-8-12/h3-6,12-14H,1-2,7-9H2. The SMILES string of the molecule is OCc1ccc(C2CCCNC2)cc1. The second-order valence-corrected chi connectivity index (χ2v) is 3.94. The molecule has 1 heterocycles. The molecule has 2 N–H and O–H groups in total. The van der Waals surface area contributed by atoms with E-state index in [0.29, 0.717) is 5.92 Å². The minimum absolute atomic E-state index is 0.142. The van der Waals surface area contributed by atoms with Gasteiger partial charge in [0, 0.05) is 6.54 Å². The predicted octanol–water partition coefficient (Wildman–Crippen LogP) is 1.65. The molecule has 1 saturated heterocycles. The number of rotatable bonds is 2. The van der Waals surface area contributed by atoms with Crippen LogP contribution in [-0.2, 0) is 6.61 Å². The van der Waals surface area contributed by atoms with E-state index in [1.807, 2.05) is 12.1 Å². The molecule has 0 aromatic heterocycles. The zero-order chi connectivity index (χ0) is 9.80. The first kappa shape index (κ1) is 9.69. The molecule has 1 aromatic carbocycles. The first-order valence-corrected chi connectivity index (χ1v) is 5.30. The van der Waals surface area contributed by atoms with Crippen molar-refractivity contribution in [1.29, 1.82) is 0 Å². The summed E-state index contributed by atoms with van der Waals surface area (Å²) in [5, 5.41) is 12.3. The summed E-state index contributed by atoms with van der Waals surface area (Å²) in [5.41, 5.74) is 2.40. The van der Waals surface area contributed by atoms with Gasteiger partial charge in [-0.25, -0.2) is 0 Å². The van der Waals surface area contributed by atoms with Crippen LogP contribution in [0.1, 0.15) is 29.9 Å². The Bertz CT molecular complexity index is 275. The van der Waals surface area contributed by atoms with Crippen LogP contribution in [-0.4, -0.2) is 18.2 Å². The van der Waals surface area contributed by atoms with Crippen molar-refractivity contribution in [2.24, 2.45) is 0 Å². The van der Waals surface area contributed by atoms with Gasteiger partial charge in [0.2, 0.25) is 0 Å². The zero-order valence-electron chi connectivity index (χ0n) is 8.37. The summed E-state index contributed by atoms with van der Waals surface area (Å²) in [6.45, 7) is 2.40. The molecule has 2 heteroatoms. The van der Waals surface area contributed by atoms with E-state index in [1.54, 1.807) is 0 Å². The highest BCUT2D eigenvalue weighted by Gasteiger charge is 2.14. The van der Waals surface area contributed by atoms with Crippen LogP contribution in [0.3, 0.4) is 0 Å². The van der Waals surface area contributed by atoms with Crippen LogP contribution >= 0.6 is 0 Å². The van der Waals surface area contributed by atoms with Crippen LogP contribution in [0.15, 0.2) is 24.3 Å². The molecule has 1 aliphatic heterocycles. The van der Waals surface area contributed by atoms with Crippen molar-refractivity contribution in [2.45, 2.75) is 25.4 Å². The van der Waals surface area contributed by atoms with Crippen molar-refractivity contribution in [3.63, 3.8) is 0 Å². The molecule has 0 spiro atoms. The molecule has 1 atom stereocenters. The topological polar surface area (TPSA) is 32.3 Å². The maximum absolute atomic E-state index is 8.93. The molecule has 0 saturated carbocycles. The first-order valence-electron chi connectivity index (χ1n) is 5.30. The Morgan fingerprint density at radius 2 is 2.07 bits per heavy atom. The lowest BCUT2D eigenvalue weighted by Crippen LogP contribution is -2.28. The normalized spacial score (nSPS) is 22.2. The van der Waals surface area contributed by atoms with Gasteiger partial charge in [-0.1, -0.05) is 24.3 Å². The number of benzene rings is 1. The second-order valence-electron chi connectivity index (χ2n) is 3.94. The Balaban J connectivity index is 2.07. The van der Waals surface area contributed by atoms with Crippen molar-refractivity contribution in [3.8, 4) is 0 Å². The number of aliphatic hydroxyl groups is 1. The molecule has 14 heavy (non-hydrogen) atoms. The highest BCUT2D eigenvalue weighted by atomic mass is 16.3. The fourth-order valence-corrected chi connectivity index (χ4v) is 2.03. The minimum Gasteiger partial charge on any atom is -0.392 e. The monoisotopic (exact) mass is 191 g/mol. The predicted molar refractivity (Wildman–Crippen MR) is 57.2 cm³/mol. The quantitative estimate of drug-likeness (QED) is 0.745. The van der Waals surface area contributed by atoms with Gasteiger partial charge >= 0.3 is 0 Å². The fourth-order valence-electron chi connectivity index (χ4n) is 2.03. The van der Waals surface area contributed by atoms with Gasteiger partial charge in [-0.3, -0.25) is 0 Å². The smallest absolute Gasteiger partial charge is 0.0681 e. The van der Waals surface area contributed by atoms with Crippen molar-refractivity contribution in [1.82, 2.24) is 5.32 Å². The lowest BCUT2D eigenvalue weighted by Gasteiger charge is -2.23. The van der Waals surface area contributed by atoms with Crippen LogP contribution < -0.4 is 5.32 Å². The summed E-state index contributed by atoms with van der Waals surface area (Å²) in [4.78, 5) is 0. The Morgan fingerprint density at radius 1 is 1.29 bits per heavy atom. The summed E-state index contributed by atoms with van der Waals surface area (Å²) in [5.74, 6) is 0.663. The summed E-state index contributed by atoms with van der Waals surface area (Å²) >= 11 is 0. The van der Waals surface area contributed by atoms with E-state index >= 15 is 0 Å². The van der Waals surface area contributed by atoms with E-state index in [1.165, 1.54) is 18.4 Å². The molecule has 1 aromatic rings. The van der Waals surface area contributed by atoms with Crippen molar-refractivity contribution in [2.75, 3.05) is 13.1 Å². The van der Waals surface area contributed by atoms with E-state index in [0.717, 1.165) is 18.7 Å². The molecule has 1 unspecified atom stereocenters. The third-order valence-corrected chi connectivity index (χ3v) is 2.93. The average molecular weight is 191 g/mol. The van der Waals surface area contributed by atoms with Crippen LogP contribution in [0.4, 0.5) is 0 Å². The van der Waals surface area contributed by atoms with Gasteiger partial charge in [-0.15, -0.1) is 0 Å². The summed E-state index contributed by atoms with van der Waals surface area (Å²) in [6, 6.07) is 8.32. The summed E-state index contributed by atoms with van der Waals surface area (Å²) in [7, 11) is 0. The van der Waals surface area contributed by atoms with Gasteiger partial charge in [-0.2, -0.15) is 0 Å². The summed E-state index contributed by atoms with van der Waals surface area (Å²) < 4.78 is 0. The Morgan fingerprint density at radius 3 is 2.64 bits per heavy atom. The molecule has 0 radical (unpaired) electrons. The van der Waals surface area contributed by atoms with Crippen LogP contribution in [0, 0.1) is 0 Å². The Labute approximate surface area is 85.0 Å². The third-order valence-electron chi connectivity index (χ3n) is 2.93. The molecular formula is C12H17NO. The zero-order valence-corrected chi connectivity index (χ0v) is 8.37. The maximum atomic E-state index is 8.93. The van der Waals surface area contributed by atoms with Crippen LogP contribution in [0.5, 0.6) is 0 Å². The molecular weight excluding hydrogens is 174 g/mol. The molecule has 2 nitrogen and oxygen atoms in total. The average Bonchev–Trinajstić information content (AvgIpc) is 2.30. The van der Waals surface area contributed by atoms with E-state index < -0.39 is 0 Å². The molecule has 0 amide bonds. The molecule has 1 aliphatic rings. The Hall–Kier alpha value is -0.860. The van der Waals surface area contributed by atoms with Gasteiger partial charge < -0.3 is 10.4 Å². The lowest BCUT2D eigenvalue weighted by atomic mass is 9.91. The molecule has 76 valence electrons. The van der Waals surface area contributed by atoms with E-state index in [4.69, 9.17) is 5.11 Å². The third kappa shape index (κ3) is 2.14. The molecule has 0 bridgehead atoms. The van der Waals surface area contributed by atoms with Gasteiger partial charge in [0.1, 0.15) is 0 Å². The highest BCUT2D eigenvalue weighted by molar-refractivity contribution is 5.25. The maximum Gasteiger partial charge on any atom is 0.0681 e. The van der Waals surface area contributed by atoms with E-state index in [2.05, 4.69) is 17.4 Å². The van der Waals surface area contributed by atoms with Gasteiger partial charge in [0.25, 0.3) is 0 Å². The van der Waals surface area contributed by atoms with E-state index in [9.17, 15) is 0 Å². The van der Waals surface area contributed by atoms with Gasteiger partial charge in [0.15, 0.2) is 0 Å². The van der Waals surface area contributed by atoms with Crippen molar-refractivity contribution < 1.29 is 5.11 Å². The Kier molecular flexibility index (Phi) is 3.17. The highest BCUT2D eigenvalue weighted by Crippen LogP contribution is 2.23. The van der Waals surface area contributed by atoms with Crippen molar-refractivity contribution in [3.05, 3.63) is 35.4 Å². The first-order chi connectivity index (χ1) is 6.90. The number of hydrogen-bond acceptors (Lipinski definition) is 2. The summed E-state index contributed by atoms with van der Waals surface area (Å²) in [6.07, 6.45) is 2.55. The number of hydrogen-bond donors (Lipinski definition) is 2.